The number of nitrogen functional groups attached to an aromatic ring is 1. The summed E-state index contributed by atoms with van der Waals surface area (Å²) < 4.78 is 5.18. The van der Waals surface area contributed by atoms with E-state index in [9.17, 15) is 4.79 Å². The fourth-order valence-electron chi connectivity index (χ4n) is 2.55. The summed E-state index contributed by atoms with van der Waals surface area (Å²) in [5.74, 6) is 0.622. The summed E-state index contributed by atoms with van der Waals surface area (Å²) in [6, 6.07) is 7.32. The third-order valence-electron chi connectivity index (χ3n) is 3.71. The Morgan fingerprint density at radius 1 is 1.40 bits per heavy atom. The van der Waals surface area contributed by atoms with Gasteiger partial charge in [0.15, 0.2) is 0 Å². The van der Waals surface area contributed by atoms with Crippen LogP contribution in [0.2, 0.25) is 0 Å². The largest absolute Gasteiger partial charge is 0.397 e. The summed E-state index contributed by atoms with van der Waals surface area (Å²) in [6.07, 6.45) is 2.18. The molecule has 5 heteroatoms. The normalized spacial score (nSPS) is 17.1. The topological polar surface area (TPSA) is 67.6 Å². The fraction of sp³-hybridized carbons (Fsp3) is 0.533. The number of anilines is 2. The van der Waals surface area contributed by atoms with E-state index in [1.54, 1.807) is 13.2 Å². The van der Waals surface area contributed by atoms with Crippen LogP contribution in [0, 0.1) is 5.92 Å². The summed E-state index contributed by atoms with van der Waals surface area (Å²) in [7, 11) is 1.74. The molecule has 110 valence electrons. The number of carbonyl (C=O) groups is 1. The first-order chi connectivity index (χ1) is 9.69. The zero-order valence-corrected chi connectivity index (χ0v) is 12.0. The number of hydrogen-bond donors (Lipinski definition) is 2. The van der Waals surface area contributed by atoms with E-state index < -0.39 is 0 Å². The molecule has 0 aromatic heterocycles. The van der Waals surface area contributed by atoms with E-state index in [-0.39, 0.29) is 5.91 Å². The SMILES string of the molecule is COCC1CCN(CC(=O)Nc2ccccc2N)CC1. The number of nitrogens with two attached hydrogens (primary N) is 1. The molecular formula is C15H23N3O2. The van der Waals surface area contributed by atoms with Crippen molar-refractivity contribution < 1.29 is 9.53 Å². The van der Waals surface area contributed by atoms with E-state index in [0.29, 0.717) is 23.8 Å². The number of amides is 1. The molecule has 1 fully saturated rings. The molecule has 1 saturated heterocycles. The Hall–Kier alpha value is -1.59. The van der Waals surface area contributed by atoms with E-state index >= 15 is 0 Å². The summed E-state index contributed by atoms with van der Waals surface area (Å²) >= 11 is 0. The Bertz CT molecular complexity index is 442. The number of methoxy groups -OCH3 is 1. The molecule has 1 aliphatic heterocycles. The second-order valence-electron chi connectivity index (χ2n) is 5.31. The molecule has 3 N–H and O–H groups in total. The number of carbonyl (C=O) groups excluding carboxylic acids is 1. The van der Waals surface area contributed by atoms with Crippen LogP contribution in [-0.4, -0.2) is 44.2 Å². The molecule has 5 nitrogen and oxygen atoms in total. The number of likely N-dealkylation sites (tertiary alicyclic amines) is 1. The molecule has 1 aliphatic rings. The summed E-state index contributed by atoms with van der Waals surface area (Å²) in [5, 5.41) is 2.86. The monoisotopic (exact) mass is 277 g/mol. The van der Waals surface area contributed by atoms with Gasteiger partial charge in [-0.15, -0.1) is 0 Å². The molecule has 0 aliphatic carbocycles. The fourth-order valence-corrected chi connectivity index (χ4v) is 2.55. The summed E-state index contributed by atoms with van der Waals surface area (Å²) in [4.78, 5) is 14.2. The molecule has 1 aromatic carbocycles. The number of rotatable bonds is 5. The lowest BCUT2D eigenvalue weighted by molar-refractivity contribution is -0.117. The average Bonchev–Trinajstić information content (AvgIpc) is 2.44. The molecule has 0 spiro atoms. The zero-order chi connectivity index (χ0) is 14.4. The van der Waals surface area contributed by atoms with E-state index in [1.807, 2.05) is 18.2 Å². The van der Waals surface area contributed by atoms with Gasteiger partial charge in [0.2, 0.25) is 5.91 Å². The lowest BCUT2D eigenvalue weighted by Crippen LogP contribution is -2.40. The van der Waals surface area contributed by atoms with E-state index in [0.717, 1.165) is 32.5 Å². The van der Waals surface area contributed by atoms with Crippen LogP contribution in [0.15, 0.2) is 24.3 Å². The van der Waals surface area contributed by atoms with Crippen LogP contribution in [0.1, 0.15) is 12.8 Å². The van der Waals surface area contributed by atoms with Crippen molar-refractivity contribution in [1.29, 1.82) is 0 Å². The summed E-state index contributed by atoms with van der Waals surface area (Å²) in [5.41, 5.74) is 7.10. The predicted molar refractivity (Wildman–Crippen MR) is 80.5 cm³/mol. The zero-order valence-electron chi connectivity index (χ0n) is 12.0. The van der Waals surface area contributed by atoms with Crippen molar-refractivity contribution in [3.8, 4) is 0 Å². The van der Waals surface area contributed by atoms with Crippen molar-refractivity contribution in [3.63, 3.8) is 0 Å². The van der Waals surface area contributed by atoms with Crippen molar-refractivity contribution in [2.75, 3.05) is 44.4 Å². The van der Waals surface area contributed by atoms with Gasteiger partial charge in [0.1, 0.15) is 0 Å². The van der Waals surface area contributed by atoms with Crippen LogP contribution in [0.4, 0.5) is 11.4 Å². The molecule has 20 heavy (non-hydrogen) atoms. The Morgan fingerprint density at radius 2 is 2.10 bits per heavy atom. The molecule has 1 heterocycles. The van der Waals surface area contributed by atoms with Crippen molar-refractivity contribution in [2.45, 2.75) is 12.8 Å². The molecule has 2 rings (SSSR count). The molecule has 1 amide bonds. The first kappa shape index (κ1) is 14.8. The molecule has 0 bridgehead atoms. The van der Waals surface area contributed by atoms with Gasteiger partial charge in [-0.3, -0.25) is 9.69 Å². The minimum absolute atomic E-state index is 0.00640. The van der Waals surface area contributed by atoms with Gasteiger partial charge in [-0.05, 0) is 44.0 Å². The number of hydrogen-bond acceptors (Lipinski definition) is 4. The molecule has 0 unspecified atom stereocenters. The van der Waals surface area contributed by atoms with E-state index in [1.165, 1.54) is 0 Å². The number of ether oxygens (including phenoxy) is 1. The maximum absolute atomic E-state index is 12.0. The molecule has 0 radical (unpaired) electrons. The average molecular weight is 277 g/mol. The third-order valence-corrected chi connectivity index (χ3v) is 3.71. The lowest BCUT2D eigenvalue weighted by Gasteiger charge is -2.31. The van der Waals surface area contributed by atoms with Crippen LogP contribution in [-0.2, 0) is 9.53 Å². The van der Waals surface area contributed by atoms with Crippen molar-refractivity contribution in [3.05, 3.63) is 24.3 Å². The predicted octanol–water partition coefficient (Wildman–Crippen LogP) is 1.57. The smallest absolute Gasteiger partial charge is 0.238 e. The van der Waals surface area contributed by atoms with Crippen molar-refractivity contribution >= 4 is 17.3 Å². The highest BCUT2D eigenvalue weighted by atomic mass is 16.5. The Morgan fingerprint density at radius 3 is 2.75 bits per heavy atom. The van der Waals surface area contributed by atoms with Gasteiger partial charge in [-0.25, -0.2) is 0 Å². The number of para-hydroxylation sites is 2. The highest BCUT2D eigenvalue weighted by molar-refractivity contribution is 5.95. The minimum Gasteiger partial charge on any atom is -0.397 e. The number of nitrogens with one attached hydrogen (secondary N) is 1. The maximum Gasteiger partial charge on any atom is 0.238 e. The standard InChI is InChI=1S/C15H23N3O2/c1-20-11-12-6-8-18(9-7-12)10-15(19)17-14-5-3-2-4-13(14)16/h2-5,12H,6-11,16H2,1H3,(H,17,19). The van der Waals surface area contributed by atoms with Gasteiger partial charge < -0.3 is 15.8 Å². The first-order valence-corrected chi connectivity index (χ1v) is 7.04. The molecule has 1 aromatic rings. The van der Waals surface area contributed by atoms with Gasteiger partial charge in [0, 0.05) is 13.7 Å². The third kappa shape index (κ3) is 4.21. The van der Waals surface area contributed by atoms with Crippen LogP contribution in [0.5, 0.6) is 0 Å². The first-order valence-electron chi connectivity index (χ1n) is 7.04. The Labute approximate surface area is 120 Å². The van der Waals surface area contributed by atoms with Crippen LogP contribution >= 0.6 is 0 Å². The number of nitrogens with zero attached hydrogens (tertiary/aromatic N) is 1. The highest BCUT2D eigenvalue weighted by Gasteiger charge is 2.20. The molecule has 0 saturated carbocycles. The van der Waals surface area contributed by atoms with Gasteiger partial charge in [0.25, 0.3) is 0 Å². The molecule has 0 atom stereocenters. The van der Waals surface area contributed by atoms with Gasteiger partial charge in [-0.1, -0.05) is 12.1 Å². The number of benzene rings is 1. The van der Waals surface area contributed by atoms with E-state index in [2.05, 4.69) is 10.2 Å². The van der Waals surface area contributed by atoms with Crippen LogP contribution < -0.4 is 11.1 Å². The van der Waals surface area contributed by atoms with Crippen molar-refractivity contribution in [2.24, 2.45) is 5.92 Å². The van der Waals surface area contributed by atoms with Crippen LogP contribution in [0.3, 0.4) is 0 Å². The van der Waals surface area contributed by atoms with E-state index in [4.69, 9.17) is 10.5 Å². The van der Waals surface area contributed by atoms with Gasteiger partial charge >= 0.3 is 0 Å². The van der Waals surface area contributed by atoms with Crippen LogP contribution in [0.25, 0.3) is 0 Å². The van der Waals surface area contributed by atoms with Crippen molar-refractivity contribution in [1.82, 2.24) is 4.90 Å². The Balaban J connectivity index is 1.77. The second kappa shape index (κ2) is 7.26. The molecular weight excluding hydrogens is 254 g/mol. The summed E-state index contributed by atoms with van der Waals surface area (Å²) in [6.45, 7) is 3.14. The number of piperidine rings is 1. The van der Waals surface area contributed by atoms with Gasteiger partial charge in [0.05, 0.1) is 17.9 Å². The minimum atomic E-state index is -0.00640. The quantitative estimate of drug-likeness (QED) is 0.802. The highest BCUT2D eigenvalue weighted by Crippen LogP contribution is 2.18. The second-order valence-corrected chi connectivity index (χ2v) is 5.31. The lowest BCUT2D eigenvalue weighted by atomic mass is 9.98. The maximum atomic E-state index is 12.0. The van der Waals surface area contributed by atoms with Gasteiger partial charge in [-0.2, -0.15) is 0 Å². The Kier molecular flexibility index (Phi) is 5.38.